The first-order chi connectivity index (χ1) is 10.1. The number of rotatable bonds is 4. The van der Waals surface area contributed by atoms with Crippen molar-refractivity contribution in [1.82, 2.24) is 9.62 Å². The largest absolute Gasteiger partial charge is 0.377 e. The summed E-state index contributed by atoms with van der Waals surface area (Å²) in [5.74, 6) is 0. The van der Waals surface area contributed by atoms with Crippen LogP contribution in [0.25, 0.3) is 0 Å². The molecule has 1 aromatic rings. The highest BCUT2D eigenvalue weighted by atomic mass is 32.2. The van der Waals surface area contributed by atoms with Crippen molar-refractivity contribution in [2.45, 2.75) is 36.8 Å². The van der Waals surface area contributed by atoms with Crippen molar-refractivity contribution >= 4 is 10.0 Å². The summed E-state index contributed by atoms with van der Waals surface area (Å²) in [7, 11) is -1.79. The molecule has 6 heteroatoms. The number of nitrogens with one attached hydrogen (secondary N) is 1. The fraction of sp³-hybridized carbons (Fsp3) is 0.600. The van der Waals surface area contributed by atoms with Gasteiger partial charge in [-0.3, -0.25) is 0 Å². The highest BCUT2D eigenvalue weighted by Crippen LogP contribution is 2.26. The smallest absolute Gasteiger partial charge is 0.243 e. The van der Waals surface area contributed by atoms with Crippen molar-refractivity contribution in [2.24, 2.45) is 0 Å². The minimum absolute atomic E-state index is 0.0333. The zero-order valence-electron chi connectivity index (χ0n) is 12.3. The van der Waals surface area contributed by atoms with Crippen LogP contribution in [0.3, 0.4) is 0 Å². The molecule has 1 saturated heterocycles. The average molecular weight is 310 g/mol. The van der Waals surface area contributed by atoms with E-state index < -0.39 is 10.0 Å². The minimum Gasteiger partial charge on any atom is -0.377 e. The van der Waals surface area contributed by atoms with Crippen LogP contribution in [0.5, 0.6) is 0 Å². The van der Waals surface area contributed by atoms with Gasteiger partial charge < -0.3 is 10.1 Å². The van der Waals surface area contributed by atoms with Crippen molar-refractivity contribution in [3.8, 4) is 0 Å². The minimum atomic E-state index is -3.44. The Labute approximate surface area is 126 Å². The van der Waals surface area contributed by atoms with E-state index in [9.17, 15) is 8.42 Å². The Morgan fingerprint density at radius 2 is 2.29 bits per heavy atom. The molecule has 0 spiro atoms. The molecule has 0 amide bonds. The van der Waals surface area contributed by atoms with Gasteiger partial charge in [0.05, 0.1) is 11.0 Å². The van der Waals surface area contributed by atoms with Crippen molar-refractivity contribution < 1.29 is 13.2 Å². The van der Waals surface area contributed by atoms with Crippen LogP contribution in [0.4, 0.5) is 0 Å². The van der Waals surface area contributed by atoms with Gasteiger partial charge in [0.1, 0.15) is 0 Å². The fourth-order valence-electron chi connectivity index (χ4n) is 3.08. The lowest BCUT2D eigenvalue weighted by molar-refractivity contribution is 0.0979. The van der Waals surface area contributed by atoms with Gasteiger partial charge in [0.2, 0.25) is 10.0 Å². The first-order valence-corrected chi connectivity index (χ1v) is 8.92. The molecule has 0 aliphatic carbocycles. The summed E-state index contributed by atoms with van der Waals surface area (Å²) in [5, 5.41) is 3.28. The lowest BCUT2D eigenvalue weighted by atomic mass is 10.0. The normalized spacial score (nSPS) is 22.5. The monoisotopic (exact) mass is 310 g/mol. The summed E-state index contributed by atoms with van der Waals surface area (Å²) in [6.07, 6.45) is 2.76. The molecule has 2 heterocycles. The molecule has 1 aromatic carbocycles. The molecule has 0 bridgehead atoms. The van der Waals surface area contributed by atoms with Crippen LogP contribution in [0, 0.1) is 0 Å². The van der Waals surface area contributed by atoms with Crippen LogP contribution in [0.2, 0.25) is 0 Å². The number of hydrogen-bond donors (Lipinski definition) is 1. The Balaban J connectivity index is 1.87. The molecule has 0 aromatic heterocycles. The highest BCUT2D eigenvalue weighted by Gasteiger charge is 2.29. The van der Waals surface area contributed by atoms with Gasteiger partial charge in [0.25, 0.3) is 0 Å². The maximum atomic E-state index is 12.8. The van der Waals surface area contributed by atoms with E-state index in [2.05, 4.69) is 5.32 Å². The van der Waals surface area contributed by atoms with E-state index in [0.717, 1.165) is 50.1 Å². The standard InChI is InChI=1S/C15H22N2O3S/c1-17(11-13-5-3-9-20-13)21(18,19)15-6-2-4-12-10-16-8-7-14(12)15/h2,4,6,13,16H,3,5,7-11H2,1H3. The van der Waals surface area contributed by atoms with Crippen molar-refractivity contribution in [2.75, 3.05) is 26.7 Å². The predicted octanol–water partition coefficient (Wildman–Crippen LogP) is 1.13. The lowest BCUT2D eigenvalue weighted by Crippen LogP contribution is -2.35. The van der Waals surface area contributed by atoms with Crippen molar-refractivity contribution in [3.63, 3.8) is 0 Å². The number of benzene rings is 1. The van der Waals surface area contributed by atoms with E-state index >= 15 is 0 Å². The second-order valence-electron chi connectivity index (χ2n) is 5.74. The Kier molecular flexibility index (Phi) is 4.31. The van der Waals surface area contributed by atoms with E-state index in [0.29, 0.717) is 11.4 Å². The molecule has 3 rings (SSSR count). The van der Waals surface area contributed by atoms with Crippen molar-refractivity contribution in [3.05, 3.63) is 29.3 Å². The van der Waals surface area contributed by atoms with Gasteiger partial charge in [-0.1, -0.05) is 12.1 Å². The molecular weight excluding hydrogens is 288 g/mol. The number of ether oxygens (including phenoxy) is 1. The van der Waals surface area contributed by atoms with Gasteiger partial charge in [-0.2, -0.15) is 4.31 Å². The summed E-state index contributed by atoms with van der Waals surface area (Å²) in [6, 6.07) is 5.56. The number of nitrogens with zero attached hydrogens (tertiary/aromatic N) is 1. The first kappa shape index (κ1) is 15.0. The molecule has 1 unspecified atom stereocenters. The Hall–Kier alpha value is -0.950. The van der Waals surface area contributed by atoms with Crippen LogP contribution in [-0.2, 0) is 27.7 Å². The summed E-state index contributed by atoms with van der Waals surface area (Å²) in [4.78, 5) is 0.460. The van der Waals surface area contributed by atoms with Crippen LogP contribution < -0.4 is 5.32 Å². The molecule has 21 heavy (non-hydrogen) atoms. The second kappa shape index (κ2) is 6.04. The van der Waals surface area contributed by atoms with Crippen LogP contribution in [0.15, 0.2) is 23.1 Å². The van der Waals surface area contributed by atoms with E-state index in [4.69, 9.17) is 4.74 Å². The summed E-state index contributed by atoms with van der Waals surface area (Å²) in [6.45, 7) is 2.75. The Bertz CT molecular complexity index is 609. The average Bonchev–Trinajstić information content (AvgIpc) is 2.99. The SMILES string of the molecule is CN(CC1CCCO1)S(=O)(=O)c1cccc2c1CCNC2. The number of fused-ring (bicyclic) bond motifs is 1. The summed E-state index contributed by atoms with van der Waals surface area (Å²) < 4.78 is 32.7. The molecule has 116 valence electrons. The molecule has 0 saturated carbocycles. The van der Waals surface area contributed by atoms with Gasteiger partial charge >= 0.3 is 0 Å². The molecule has 1 fully saturated rings. The summed E-state index contributed by atoms with van der Waals surface area (Å²) >= 11 is 0. The van der Waals surface area contributed by atoms with E-state index in [-0.39, 0.29) is 6.10 Å². The third kappa shape index (κ3) is 2.99. The fourth-order valence-corrected chi connectivity index (χ4v) is 4.57. The molecule has 0 radical (unpaired) electrons. The zero-order chi connectivity index (χ0) is 14.9. The van der Waals surface area contributed by atoms with E-state index in [1.165, 1.54) is 4.31 Å². The van der Waals surface area contributed by atoms with Gasteiger partial charge in [0, 0.05) is 26.7 Å². The number of sulfonamides is 1. The van der Waals surface area contributed by atoms with E-state index in [1.807, 2.05) is 12.1 Å². The van der Waals surface area contributed by atoms with Crippen molar-refractivity contribution in [1.29, 1.82) is 0 Å². The highest BCUT2D eigenvalue weighted by molar-refractivity contribution is 7.89. The molecule has 1 N–H and O–H groups in total. The Morgan fingerprint density at radius 1 is 1.43 bits per heavy atom. The maximum absolute atomic E-state index is 12.8. The Morgan fingerprint density at radius 3 is 3.05 bits per heavy atom. The van der Waals surface area contributed by atoms with Gasteiger partial charge in [-0.25, -0.2) is 8.42 Å². The van der Waals surface area contributed by atoms with Gasteiger partial charge in [-0.15, -0.1) is 0 Å². The molecule has 1 atom stereocenters. The molecule has 2 aliphatic heterocycles. The van der Waals surface area contributed by atoms with Crippen LogP contribution in [-0.4, -0.2) is 45.6 Å². The number of hydrogen-bond acceptors (Lipinski definition) is 4. The third-order valence-corrected chi connectivity index (χ3v) is 6.18. The topological polar surface area (TPSA) is 58.6 Å². The quantitative estimate of drug-likeness (QED) is 0.906. The zero-order valence-corrected chi connectivity index (χ0v) is 13.2. The van der Waals surface area contributed by atoms with Crippen LogP contribution >= 0.6 is 0 Å². The van der Waals surface area contributed by atoms with Gasteiger partial charge in [0.15, 0.2) is 0 Å². The third-order valence-electron chi connectivity index (χ3n) is 4.27. The van der Waals surface area contributed by atoms with Gasteiger partial charge in [-0.05, 0) is 43.0 Å². The van der Waals surface area contributed by atoms with Crippen LogP contribution in [0.1, 0.15) is 24.0 Å². The molecule has 5 nitrogen and oxygen atoms in total. The molecular formula is C15H22N2O3S. The number of likely N-dealkylation sites (N-methyl/N-ethyl adjacent to an activating group) is 1. The second-order valence-corrected chi connectivity index (χ2v) is 7.75. The maximum Gasteiger partial charge on any atom is 0.243 e. The lowest BCUT2D eigenvalue weighted by Gasteiger charge is -2.25. The molecule has 2 aliphatic rings. The summed E-state index contributed by atoms with van der Waals surface area (Å²) in [5.41, 5.74) is 2.06. The van der Waals surface area contributed by atoms with E-state index in [1.54, 1.807) is 13.1 Å². The predicted molar refractivity (Wildman–Crippen MR) is 80.6 cm³/mol. The first-order valence-electron chi connectivity index (χ1n) is 7.48.